The van der Waals surface area contributed by atoms with E-state index in [-0.39, 0.29) is 0 Å². The molecule has 2 rings (SSSR count). The fourth-order valence-electron chi connectivity index (χ4n) is 2.08. The summed E-state index contributed by atoms with van der Waals surface area (Å²) < 4.78 is 5.12. The van der Waals surface area contributed by atoms with Crippen molar-refractivity contribution in [2.75, 3.05) is 7.11 Å². The first kappa shape index (κ1) is 13.1. The van der Waals surface area contributed by atoms with Crippen molar-refractivity contribution >= 4 is 11.3 Å². The number of aliphatic hydroxyl groups is 1. The van der Waals surface area contributed by atoms with Gasteiger partial charge in [0.15, 0.2) is 0 Å². The summed E-state index contributed by atoms with van der Waals surface area (Å²) in [5.41, 5.74) is 2.17. The van der Waals surface area contributed by atoms with Crippen LogP contribution in [-0.4, -0.2) is 12.2 Å². The van der Waals surface area contributed by atoms with E-state index in [1.165, 1.54) is 9.75 Å². The molecule has 1 atom stereocenters. The quantitative estimate of drug-likeness (QED) is 0.911. The minimum Gasteiger partial charge on any atom is -0.497 e. The normalized spacial score (nSPS) is 12.4. The van der Waals surface area contributed by atoms with Gasteiger partial charge in [0.1, 0.15) is 5.75 Å². The highest BCUT2D eigenvalue weighted by Gasteiger charge is 2.13. The van der Waals surface area contributed by atoms with Crippen LogP contribution in [0.2, 0.25) is 0 Å². The number of benzene rings is 1. The Morgan fingerprint density at radius 2 is 1.89 bits per heavy atom. The van der Waals surface area contributed by atoms with E-state index in [2.05, 4.69) is 19.9 Å². The maximum Gasteiger partial charge on any atom is 0.118 e. The lowest BCUT2D eigenvalue weighted by atomic mass is 10.0. The highest BCUT2D eigenvalue weighted by Crippen LogP contribution is 2.28. The van der Waals surface area contributed by atoms with Crippen LogP contribution in [0.1, 0.15) is 27.0 Å². The summed E-state index contributed by atoms with van der Waals surface area (Å²) >= 11 is 1.73. The summed E-state index contributed by atoms with van der Waals surface area (Å²) in [5.74, 6) is 0.843. The van der Waals surface area contributed by atoms with E-state index >= 15 is 0 Å². The molecule has 1 aromatic heterocycles. The van der Waals surface area contributed by atoms with Gasteiger partial charge >= 0.3 is 0 Å². The van der Waals surface area contributed by atoms with Gasteiger partial charge in [0, 0.05) is 16.2 Å². The smallest absolute Gasteiger partial charge is 0.118 e. The first-order valence-corrected chi connectivity index (χ1v) is 6.79. The molecule has 0 saturated heterocycles. The third-order valence-electron chi connectivity index (χ3n) is 3.03. The topological polar surface area (TPSA) is 29.5 Å². The van der Waals surface area contributed by atoms with Crippen molar-refractivity contribution in [3.8, 4) is 5.75 Å². The molecule has 0 aliphatic rings. The first-order chi connectivity index (χ1) is 8.60. The minimum absolute atomic E-state index is 0.427. The monoisotopic (exact) mass is 262 g/mol. The van der Waals surface area contributed by atoms with E-state index in [4.69, 9.17) is 4.74 Å². The zero-order valence-electron chi connectivity index (χ0n) is 10.9. The molecule has 0 amide bonds. The van der Waals surface area contributed by atoms with E-state index in [9.17, 15) is 5.11 Å². The van der Waals surface area contributed by atoms with Crippen molar-refractivity contribution in [3.05, 3.63) is 51.2 Å². The number of thiophene rings is 1. The molecule has 96 valence electrons. The fraction of sp³-hybridized carbons (Fsp3) is 0.333. The molecule has 18 heavy (non-hydrogen) atoms. The zero-order chi connectivity index (χ0) is 13.1. The predicted molar refractivity (Wildman–Crippen MR) is 75.5 cm³/mol. The maximum atomic E-state index is 10.3. The van der Waals surface area contributed by atoms with Gasteiger partial charge in [0.25, 0.3) is 0 Å². The second-order valence-electron chi connectivity index (χ2n) is 4.44. The summed E-state index contributed by atoms with van der Waals surface area (Å²) in [5, 5.41) is 10.3. The third-order valence-corrected chi connectivity index (χ3v) is 4.01. The van der Waals surface area contributed by atoms with Gasteiger partial charge in [-0.3, -0.25) is 0 Å². The Kier molecular flexibility index (Phi) is 4.04. The van der Waals surface area contributed by atoms with Gasteiger partial charge in [-0.05, 0) is 43.2 Å². The average Bonchev–Trinajstić information content (AvgIpc) is 2.69. The molecule has 0 fully saturated rings. The molecule has 0 bridgehead atoms. The molecule has 0 aliphatic carbocycles. The SMILES string of the molecule is COc1ccc(CC(O)c2cc(C)sc2C)cc1. The van der Waals surface area contributed by atoms with Gasteiger partial charge in [-0.15, -0.1) is 11.3 Å². The average molecular weight is 262 g/mol. The van der Waals surface area contributed by atoms with Crippen LogP contribution in [0.5, 0.6) is 5.75 Å². The van der Waals surface area contributed by atoms with Crippen LogP contribution in [0.25, 0.3) is 0 Å². The van der Waals surface area contributed by atoms with Crippen molar-refractivity contribution in [2.45, 2.75) is 26.4 Å². The van der Waals surface area contributed by atoms with Crippen molar-refractivity contribution in [3.63, 3.8) is 0 Å². The van der Waals surface area contributed by atoms with Gasteiger partial charge in [-0.1, -0.05) is 12.1 Å². The van der Waals surface area contributed by atoms with E-state index in [0.29, 0.717) is 6.42 Å². The Balaban J connectivity index is 2.10. The Morgan fingerprint density at radius 1 is 1.22 bits per heavy atom. The molecule has 1 heterocycles. The van der Waals surface area contributed by atoms with Gasteiger partial charge < -0.3 is 9.84 Å². The standard InChI is InChI=1S/C15H18O2S/c1-10-8-14(11(2)18-10)15(16)9-12-4-6-13(17-3)7-5-12/h4-8,15-16H,9H2,1-3H3. The van der Waals surface area contributed by atoms with Gasteiger partial charge in [-0.25, -0.2) is 0 Å². The zero-order valence-corrected chi connectivity index (χ0v) is 11.8. The third kappa shape index (κ3) is 2.92. The number of aryl methyl sites for hydroxylation is 2. The molecular formula is C15H18O2S. The van der Waals surface area contributed by atoms with Gasteiger partial charge in [0.2, 0.25) is 0 Å². The van der Waals surface area contributed by atoms with Gasteiger partial charge in [0.05, 0.1) is 13.2 Å². The Hall–Kier alpha value is -1.32. The lowest BCUT2D eigenvalue weighted by Gasteiger charge is -2.11. The number of aliphatic hydroxyl groups excluding tert-OH is 1. The lowest BCUT2D eigenvalue weighted by Crippen LogP contribution is -2.01. The maximum absolute atomic E-state index is 10.3. The molecule has 1 aromatic carbocycles. The van der Waals surface area contributed by atoms with E-state index in [0.717, 1.165) is 16.9 Å². The molecular weight excluding hydrogens is 244 g/mol. The summed E-state index contributed by atoms with van der Waals surface area (Å²) in [6, 6.07) is 9.92. The van der Waals surface area contributed by atoms with Crippen molar-refractivity contribution < 1.29 is 9.84 Å². The second kappa shape index (κ2) is 5.55. The molecule has 1 unspecified atom stereocenters. The second-order valence-corrected chi connectivity index (χ2v) is 5.90. The summed E-state index contributed by atoms with van der Waals surface area (Å²) in [4.78, 5) is 2.45. The summed E-state index contributed by atoms with van der Waals surface area (Å²) in [6.45, 7) is 4.13. The molecule has 0 saturated carbocycles. The molecule has 1 N–H and O–H groups in total. The summed E-state index contributed by atoms with van der Waals surface area (Å²) in [7, 11) is 1.65. The largest absolute Gasteiger partial charge is 0.497 e. The van der Waals surface area contributed by atoms with Gasteiger partial charge in [-0.2, -0.15) is 0 Å². The number of hydrogen-bond acceptors (Lipinski definition) is 3. The van der Waals surface area contributed by atoms with Crippen LogP contribution >= 0.6 is 11.3 Å². The van der Waals surface area contributed by atoms with Crippen LogP contribution in [0, 0.1) is 13.8 Å². The highest BCUT2D eigenvalue weighted by molar-refractivity contribution is 7.12. The number of rotatable bonds is 4. The Labute approximate surface area is 112 Å². The molecule has 3 heteroatoms. The van der Waals surface area contributed by atoms with Crippen LogP contribution < -0.4 is 4.74 Å². The number of hydrogen-bond donors (Lipinski definition) is 1. The highest BCUT2D eigenvalue weighted by atomic mass is 32.1. The van der Waals surface area contributed by atoms with Crippen LogP contribution in [-0.2, 0) is 6.42 Å². The van der Waals surface area contributed by atoms with Crippen LogP contribution in [0.15, 0.2) is 30.3 Å². The Bertz CT molecular complexity index is 514. The minimum atomic E-state index is -0.427. The van der Waals surface area contributed by atoms with E-state index in [1.807, 2.05) is 24.3 Å². The number of ether oxygens (including phenoxy) is 1. The fourth-order valence-corrected chi connectivity index (χ4v) is 3.06. The van der Waals surface area contributed by atoms with Crippen molar-refractivity contribution in [1.29, 1.82) is 0 Å². The molecule has 2 aromatic rings. The lowest BCUT2D eigenvalue weighted by molar-refractivity contribution is 0.178. The number of methoxy groups -OCH3 is 1. The molecule has 0 radical (unpaired) electrons. The van der Waals surface area contributed by atoms with Crippen molar-refractivity contribution in [2.24, 2.45) is 0 Å². The van der Waals surface area contributed by atoms with Crippen LogP contribution in [0.3, 0.4) is 0 Å². The molecule has 0 spiro atoms. The van der Waals surface area contributed by atoms with Crippen LogP contribution in [0.4, 0.5) is 0 Å². The predicted octanol–water partition coefficient (Wildman–Crippen LogP) is 3.65. The van der Waals surface area contributed by atoms with Crippen molar-refractivity contribution in [1.82, 2.24) is 0 Å². The molecule has 0 aliphatic heterocycles. The van der Waals surface area contributed by atoms with E-state index < -0.39 is 6.10 Å². The first-order valence-electron chi connectivity index (χ1n) is 5.98. The molecule has 2 nitrogen and oxygen atoms in total. The Morgan fingerprint density at radius 3 is 2.39 bits per heavy atom. The van der Waals surface area contributed by atoms with E-state index in [1.54, 1.807) is 18.4 Å². The summed E-state index contributed by atoms with van der Waals surface area (Å²) in [6.07, 6.45) is 0.212.